The van der Waals surface area contributed by atoms with Crippen LogP contribution in [0.2, 0.25) is 5.02 Å². The minimum absolute atomic E-state index is 0.133. The number of anilines is 2. The molecule has 0 unspecified atom stereocenters. The topological polar surface area (TPSA) is 113 Å². The molecule has 3 rings (SSSR count). The van der Waals surface area contributed by atoms with Crippen LogP contribution in [0, 0.1) is 6.92 Å². The molecule has 3 aromatic rings. The van der Waals surface area contributed by atoms with Gasteiger partial charge in [0.15, 0.2) is 5.03 Å². The smallest absolute Gasteiger partial charge is 0.279 e. The van der Waals surface area contributed by atoms with Crippen LogP contribution in [0.1, 0.15) is 15.9 Å². The molecule has 8 nitrogen and oxygen atoms in total. The SMILES string of the molecule is COc1ccc(NC(=O)c2cn[nH]c2S(=O)(=O)Nc2ccc(C)cc2)cc1Cl. The first kappa shape index (κ1) is 19.7. The monoisotopic (exact) mass is 420 g/mol. The summed E-state index contributed by atoms with van der Waals surface area (Å²) in [5.41, 5.74) is 1.61. The number of rotatable bonds is 6. The van der Waals surface area contributed by atoms with Gasteiger partial charge in [0.25, 0.3) is 15.9 Å². The van der Waals surface area contributed by atoms with E-state index in [1.54, 1.807) is 36.4 Å². The summed E-state index contributed by atoms with van der Waals surface area (Å²) in [6, 6.07) is 11.5. The van der Waals surface area contributed by atoms with Crippen LogP contribution >= 0.6 is 11.6 Å². The van der Waals surface area contributed by atoms with Crippen LogP contribution in [0.3, 0.4) is 0 Å². The van der Waals surface area contributed by atoms with E-state index in [-0.39, 0.29) is 10.6 Å². The van der Waals surface area contributed by atoms with Crippen LogP contribution in [0.5, 0.6) is 5.75 Å². The minimum atomic E-state index is -4.04. The third kappa shape index (κ3) is 4.26. The molecule has 10 heteroatoms. The fourth-order valence-corrected chi connectivity index (χ4v) is 3.83. The highest BCUT2D eigenvalue weighted by atomic mass is 35.5. The first-order chi connectivity index (χ1) is 13.3. The second-order valence-electron chi connectivity index (χ2n) is 5.89. The largest absolute Gasteiger partial charge is 0.495 e. The van der Waals surface area contributed by atoms with Crippen LogP contribution < -0.4 is 14.8 Å². The Balaban J connectivity index is 1.83. The highest BCUT2D eigenvalue weighted by Crippen LogP contribution is 2.28. The Hall–Kier alpha value is -3.04. The molecule has 0 atom stereocenters. The normalized spacial score (nSPS) is 11.1. The predicted molar refractivity (Wildman–Crippen MR) is 107 cm³/mol. The van der Waals surface area contributed by atoms with Crippen molar-refractivity contribution in [1.82, 2.24) is 10.2 Å². The number of benzene rings is 2. The van der Waals surface area contributed by atoms with Gasteiger partial charge < -0.3 is 10.1 Å². The number of nitrogens with zero attached hydrogens (tertiary/aromatic N) is 1. The zero-order valence-corrected chi connectivity index (χ0v) is 16.6. The van der Waals surface area contributed by atoms with Gasteiger partial charge in [-0.2, -0.15) is 13.5 Å². The van der Waals surface area contributed by atoms with Gasteiger partial charge in [-0.3, -0.25) is 14.6 Å². The molecule has 0 aliphatic heterocycles. The van der Waals surface area contributed by atoms with Crippen molar-refractivity contribution < 1.29 is 17.9 Å². The van der Waals surface area contributed by atoms with Crippen molar-refractivity contribution in [1.29, 1.82) is 0 Å². The summed E-state index contributed by atoms with van der Waals surface area (Å²) in [4.78, 5) is 12.6. The fraction of sp³-hybridized carbons (Fsp3) is 0.111. The molecule has 2 aromatic carbocycles. The van der Waals surface area contributed by atoms with Crippen molar-refractivity contribution in [3.63, 3.8) is 0 Å². The lowest BCUT2D eigenvalue weighted by Gasteiger charge is -2.10. The van der Waals surface area contributed by atoms with E-state index < -0.39 is 15.9 Å². The van der Waals surface area contributed by atoms with Gasteiger partial charge in [0.05, 0.1) is 23.9 Å². The zero-order chi connectivity index (χ0) is 20.3. The fourth-order valence-electron chi connectivity index (χ4n) is 2.41. The highest BCUT2D eigenvalue weighted by molar-refractivity contribution is 7.92. The number of nitrogens with one attached hydrogen (secondary N) is 3. The van der Waals surface area contributed by atoms with Crippen LogP contribution in [-0.4, -0.2) is 31.6 Å². The highest BCUT2D eigenvalue weighted by Gasteiger charge is 2.25. The second kappa shape index (κ2) is 7.91. The molecule has 0 bridgehead atoms. The number of aromatic nitrogens is 2. The number of carbonyl (C=O) groups excluding carboxylic acids is 1. The third-order valence-corrected chi connectivity index (χ3v) is 5.48. The number of hydrogen-bond donors (Lipinski definition) is 3. The average Bonchev–Trinajstić information content (AvgIpc) is 3.15. The third-order valence-electron chi connectivity index (χ3n) is 3.83. The summed E-state index contributed by atoms with van der Waals surface area (Å²) in [7, 11) is -2.57. The number of hydrogen-bond acceptors (Lipinski definition) is 5. The first-order valence-electron chi connectivity index (χ1n) is 8.08. The van der Waals surface area contributed by atoms with Crippen LogP contribution in [-0.2, 0) is 10.0 Å². The number of aromatic amines is 1. The number of methoxy groups -OCH3 is 1. The lowest BCUT2D eigenvalue weighted by atomic mass is 10.2. The van der Waals surface area contributed by atoms with E-state index in [0.717, 1.165) is 11.8 Å². The van der Waals surface area contributed by atoms with E-state index in [0.29, 0.717) is 22.1 Å². The Labute approximate surface area is 166 Å². The van der Waals surface area contributed by atoms with Gasteiger partial charge in [0, 0.05) is 11.4 Å². The van der Waals surface area contributed by atoms with E-state index >= 15 is 0 Å². The number of H-pyrrole nitrogens is 1. The van der Waals surface area contributed by atoms with Crippen molar-refractivity contribution in [2.45, 2.75) is 11.9 Å². The maximum absolute atomic E-state index is 12.7. The van der Waals surface area contributed by atoms with Crippen molar-refractivity contribution in [2.75, 3.05) is 17.1 Å². The molecule has 1 aromatic heterocycles. The second-order valence-corrected chi connectivity index (χ2v) is 7.91. The molecular weight excluding hydrogens is 404 g/mol. The minimum Gasteiger partial charge on any atom is -0.495 e. The van der Waals surface area contributed by atoms with Gasteiger partial charge in [-0.05, 0) is 37.3 Å². The summed E-state index contributed by atoms with van der Waals surface area (Å²) >= 11 is 6.04. The molecule has 0 radical (unpaired) electrons. The van der Waals surface area contributed by atoms with E-state index in [1.807, 2.05) is 6.92 Å². The van der Waals surface area contributed by atoms with Crippen molar-refractivity contribution >= 4 is 38.9 Å². The molecular formula is C18H17ClN4O4S. The summed E-state index contributed by atoms with van der Waals surface area (Å²) < 4.78 is 32.8. The Bertz CT molecular complexity index is 1110. The summed E-state index contributed by atoms with van der Waals surface area (Å²) in [5.74, 6) is -0.201. The maximum atomic E-state index is 12.7. The molecule has 0 saturated heterocycles. The van der Waals surface area contributed by atoms with Gasteiger partial charge in [0.1, 0.15) is 5.75 Å². The lowest BCUT2D eigenvalue weighted by Crippen LogP contribution is -2.19. The zero-order valence-electron chi connectivity index (χ0n) is 15.0. The van der Waals surface area contributed by atoms with E-state index in [4.69, 9.17) is 16.3 Å². The first-order valence-corrected chi connectivity index (χ1v) is 9.94. The van der Waals surface area contributed by atoms with Crippen LogP contribution in [0.25, 0.3) is 0 Å². The number of carbonyl (C=O) groups is 1. The molecule has 0 saturated carbocycles. The maximum Gasteiger partial charge on any atom is 0.279 e. The molecule has 146 valence electrons. The van der Waals surface area contributed by atoms with Crippen LogP contribution in [0.15, 0.2) is 53.7 Å². The number of sulfonamides is 1. The summed E-state index contributed by atoms with van der Waals surface area (Å²) in [6.45, 7) is 1.89. The molecule has 0 aliphatic carbocycles. The number of ether oxygens (including phenoxy) is 1. The lowest BCUT2D eigenvalue weighted by molar-refractivity contribution is 0.102. The van der Waals surface area contributed by atoms with Crippen LogP contribution in [0.4, 0.5) is 11.4 Å². The van der Waals surface area contributed by atoms with Gasteiger partial charge in [-0.1, -0.05) is 29.3 Å². The molecule has 3 N–H and O–H groups in total. The Morgan fingerprint density at radius 2 is 1.82 bits per heavy atom. The summed E-state index contributed by atoms with van der Waals surface area (Å²) in [6.07, 6.45) is 1.14. The van der Waals surface area contributed by atoms with Gasteiger partial charge in [-0.25, -0.2) is 0 Å². The molecule has 1 heterocycles. The van der Waals surface area contributed by atoms with Gasteiger partial charge in [0.2, 0.25) is 0 Å². The van der Waals surface area contributed by atoms with Crippen molar-refractivity contribution in [3.8, 4) is 5.75 Å². The van der Waals surface area contributed by atoms with Gasteiger partial charge in [-0.15, -0.1) is 0 Å². The molecule has 28 heavy (non-hydrogen) atoms. The quantitative estimate of drug-likeness (QED) is 0.565. The predicted octanol–water partition coefficient (Wildman–Crippen LogP) is 3.43. The molecule has 0 spiro atoms. The van der Waals surface area contributed by atoms with E-state index in [1.165, 1.54) is 13.2 Å². The Kier molecular flexibility index (Phi) is 5.57. The molecule has 0 fully saturated rings. The van der Waals surface area contributed by atoms with Crippen molar-refractivity contribution in [3.05, 3.63) is 64.8 Å². The Morgan fingerprint density at radius 3 is 2.46 bits per heavy atom. The van der Waals surface area contributed by atoms with E-state index in [2.05, 4.69) is 20.2 Å². The molecule has 1 amide bonds. The summed E-state index contributed by atoms with van der Waals surface area (Å²) in [5, 5.41) is 8.62. The number of aryl methyl sites for hydroxylation is 1. The average molecular weight is 421 g/mol. The number of halogens is 1. The molecule has 0 aliphatic rings. The van der Waals surface area contributed by atoms with Crippen molar-refractivity contribution in [2.24, 2.45) is 0 Å². The van der Waals surface area contributed by atoms with E-state index in [9.17, 15) is 13.2 Å². The standard InChI is InChI=1S/C18H17ClN4O4S/c1-11-3-5-12(6-4-11)23-28(25,26)18-14(10-20-22-18)17(24)21-13-7-8-16(27-2)15(19)9-13/h3-10,23H,1-2H3,(H,20,22)(H,21,24). The number of amides is 1. The van der Waals surface area contributed by atoms with Gasteiger partial charge >= 0.3 is 0 Å². The Morgan fingerprint density at radius 1 is 1.14 bits per heavy atom.